The summed E-state index contributed by atoms with van der Waals surface area (Å²) in [5.74, 6) is 1.46. The molecule has 0 saturated carbocycles. The molecule has 4 heteroatoms. The van der Waals surface area contributed by atoms with E-state index >= 15 is 0 Å². The van der Waals surface area contributed by atoms with Crippen molar-refractivity contribution in [3.05, 3.63) is 60.2 Å². The van der Waals surface area contributed by atoms with E-state index in [9.17, 15) is 4.79 Å². The molecule has 1 fully saturated rings. The molecular formula is C16H15NO3. The summed E-state index contributed by atoms with van der Waals surface area (Å²) in [4.78, 5) is 17.3. The first-order valence-electron chi connectivity index (χ1n) is 6.40. The van der Waals surface area contributed by atoms with Crippen LogP contribution in [0.15, 0.2) is 54.6 Å². The van der Waals surface area contributed by atoms with Crippen LogP contribution in [0, 0.1) is 0 Å². The number of rotatable bonds is 3. The normalized spacial score (nSPS) is 21.5. The van der Waals surface area contributed by atoms with Gasteiger partial charge in [0, 0.05) is 7.05 Å². The molecule has 0 N–H and O–H groups in total. The Balaban J connectivity index is 1.77. The van der Waals surface area contributed by atoms with Crippen molar-refractivity contribution in [3.63, 3.8) is 0 Å². The number of hydrogen-bond acceptors (Lipinski definition) is 3. The average molecular weight is 269 g/mol. The molecule has 2 aromatic carbocycles. The summed E-state index contributed by atoms with van der Waals surface area (Å²) in [7, 11) is 1.61. The highest BCUT2D eigenvalue weighted by atomic mass is 16.7. The third-order valence-corrected chi connectivity index (χ3v) is 3.40. The maximum atomic E-state index is 11.8. The van der Waals surface area contributed by atoms with Crippen LogP contribution < -0.4 is 4.74 Å². The number of ether oxygens (including phenoxy) is 1. The van der Waals surface area contributed by atoms with E-state index in [0.29, 0.717) is 0 Å². The largest absolute Gasteiger partial charge is 0.457 e. The molecule has 1 atom stereocenters. The zero-order valence-electron chi connectivity index (χ0n) is 11.4. The Morgan fingerprint density at radius 1 is 1.00 bits per heavy atom. The molecule has 1 saturated heterocycles. The van der Waals surface area contributed by atoms with Crippen molar-refractivity contribution in [3.8, 4) is 11.5 Å². The number of amides is 1. The van der Waals surface area contributed by atoms with Gasteiger partial charge in [-0.3, -0.25) is 4.79 Å². The summed E-state index contributed by atoms with van der Waals surface area (Å²) in [6.07, 6.45) is 0. The fraction of sp³-hybridized carbons (Fsp3) is 0.188. The SMILES string of the molecule is CN1OC(C)(c2ccc(Oc3ccccc3)cc2)C1=O. The summed E-state index contributed by atoms with van der Waals surface area (Å²) >= 11 is 0. The fourth-order valence-corrected chi connectivity index (χ4v) is 2.26. The summed E-state index contributed by atoms with van der Waals surface area (Å²) in [6, 6.07) is 16.9. The number of carbonyl (C=O) groups is 1. The molecule has 0 spiro atoms. The molecule has 3 rings (SSSR count). The topological polar surface area (TPSA) is 38.8 Å². The number of para-hydroxylation sites is 1. The van der Waals surface area contributed by atoms with Crippen LogP contribution in [0.3, 0.4) is 0 Å². The Bertz CT molecular complexity index is 624. The summed E-state index contributed by atoms with van der Waals surface area (Å²) in [6.45, 7) is 1.77. The zero-order chi connectivity index (χ0) is 14.2. The third kappa shape index (κ3) is 2.04. The molecule has 102 valence electrons. The lowest BCUT2D eigenvalue weighted by Crippen LogP contribution is -2.58. The molecule has 1 aliphatic rings. The number of nitrogens with zero attached hydrogens (tertiary/aromatic N) is 1. The number of hydroxylamine groups is 2. The second-order valence-electron chi connectivity index (χ2n) is 4.87. The minimum absolute atomic E-state index is 0.0470. The van der Waals surface area contributed by atoms with Crippen LogP contribution in [0.25, 0.3) is 0 Å². The Labute approximate surface area is 117 Å². The van der Waals surface area contributed by atoms with Gasteiger partial charge in [-0.2, -0.15) is 0 Å². The molecule has 1 heterocycles. The average Bonchev–Trinajstić information content (AvgIpc) is 2.48. The van der Waals surface area contributed by atoms with Crippen LogP contribution in [0.2, 0.25) is 0 Å². The van der Waals surface area contributed by atoms with Gasteiger partial charge in [-0.15, -0.1) is 0 Å². The first-order valence-corrected chi connectivity index (χ1v) is 6.40. The first kappa shape index (κ1) is 12.7. The van der Waals surface area contributed by atoms with E-state index < -0.39 is 5.60 Å². The van der Waals surface area contributed by atoms with Crippen molar-refractivity contribution in [2.75, 3.05) is 7.05 Å². The highest BCUT2D eigenvalue weighted by Crippen LogP contribution is 2.37. The lowest BCUT2D eigenvalue weighted by molar-refractivity contribution is -0.298. The Morgan fingerprint density at radius 2 is 1.60 bits per heavy atom. The highest BCUT2D eigenvalue weighted by molar-refractivity contribution is 5.89. The molecule has 0 radical (unpaired) electrons. The maximum absolute atomic E-state index is 11.8. The van der Waals surface area contributed by atoms with Gasteiger partial charge in [0.1, 0.15) is 11.5 Å². The van der Waals surface area contributed by atoms with Gasteiger partial charge in [-0.1, -0.05) is 30.3 Å². The van der Waals surface area contributed by atoms with Gasteiger partial charge in [0.25, 0.3) is 5.91 Å². The second-order valence-corrected chi connectivity index (χ2v) is 4.87. The molecule has 1 unspecified atom stereocenters. The lowest BCUT2D eigenvalue weighted by atomic mass is 9.92. The van der Waals surface area contributed by atoms with E-state index in [1.807, 2.05) is 54.6 Å². The van der Waals surface area contributed by atoms with E-state index in [1.165, 1.54) is 5.06 Å². The van der Waals surface area contributed by atoms with Gasteiger partial charge in [-0.05, 0) is 36.8 Å². The van der Waals surface area contributed by atoms with Crippen LogP contribution in [0.1, 0.15) is 12.5 Å². The lowest BCUT2D eigenvalue weighted by Gasteiger charge is -2.43. The van der Waals surface area contributed by atoms with Gasteiger partial charge in [0.15, 0.2) is 5.60 Å². The van der Waals surface area contributed by atoms with Crippen LogP contribution in [0.5, 0.6) is 11.5 Å². The number of benzene rings is 2. The van der Waals surface area contributed by atoms with E-state index in [1.54, 1.807) is 14.0 Å². The molecule has 1 aliphatic heterocycles. The maximum Gasteiger partial charge on any atom is 0.285 e. The molecule has 2 aromatic rings. The molecule has 0 aliphatic carbocycles. The Hall–Kier alpha value is -2.33. The van der Waals surface area contributed by atoms with Crippen LogP contribution >= 0.6 is 0 Å². The van der Waals surface area contributed by atoms with Crippen molar-refractivity contribution in [1.29, 1.82) is 0 Å². The quantitative estimate of drug-likeness (QED) is 0.859. The fourth-order valence-electron chi connectivity index (χ4n) is 2.26. The molecule has 1 amide bonds. The molecule has 0 aromatic heterocycles. The van der Waals surface area contributed by atoms with Crippen LogP contribution in [-0.2, 0) is 15.2 Å². The van der Waals surface area contributed by atoms with Crippen molar-refractivity contribution >= 4 is 5.91 Å². The van der Waals surface area contributed by atoms with Crippen molar-refractivity contribution in [2.24, 2.45) is 0 Å². The Kier molecular flexibility index (Phi) is 2.95. The van der Waals surface area contributed by atoms with Crippen molar-refractivity contribution < 1.29 is 14.4 Å². The first-order chi connectivity index (χ1) is 9.59. The third-order valence-electron chi connectivity index (χ3n) is 3.40. The minimum Gasteiger partial charge on any atom is -0.457 e. The van der Waals surface area contributed by atoms with Crippen molar-refractivity contribution in [1.82, 2.24) is 5.06 Å². The predicted molar refractivity (Wildman–Crippen MR) is 74.2 cm³/mol. The van der Waals surface area contributed by atoms with Gasteiger partial charge in [0.2, 0.25) is 0 Å². The van der Waals surface area contributed by atoms with Crippen LogP contribution in [0.4, 0.5) is 0 Å². The van der Waals surface area contributed by atoms with Crippen LogP contribution in [-0.4, -0.2) is 18.0 Å². The monoisotopic (exact) mass is 269 g/mol. The summed E-state index contributed by atoms with van der Waals surface area (Å²) < 4.78 is 5.71. The second kappa shape index (κ2) is 4.65. The van der Waals surface area contributed by atoms with E-state index in [2.05, 4.69) is 0 Å². The van der Waals surface area contributed by atoms with Gasteiger partial charge in [0.05, 0.1) is 0 Å². The molecule has 20 heavy (non-hydrogen) atoms. The Morgan fingerprint density at radius 3 is 2.15 bits per heavy atom. The summed E-state index contributed by atoms with van der Waals surface area (Å²) in [5.41, 5.74) is -0.0546. The zero-order valence-corrected chi connectivity index (χ0v) is 11.4. The van der Waals surface area contributed by atoms with Gasteiger partial charge < -0.3 is 4.74 Å². The molecule has 4 nitrogen and oxygen atoms in total. The molecule has 0 bridgehead atoms. The number of carbonyl (C=O) groups excluding carboxylic acids is 1. The van der Waals surface area contributed by atoms with E-state index in [-0.39, 0.29) is 5.91 Å². The number of likely N-dealkylation sites (N-methyl/N-ethyl adjacent to an activating group) is 1. The standard InChI is InChI=1S/C16H15NO3/c1-16(15(18)17(2)20-16)12-8-10-14(11-9-12)19-13-6-4-3-5-7-13/h3-11H,1-2H3. The predicted octanol–water partition coefficient (Wildman–Crippen LogP) is 3.10. The number of hydrogen-bond donors (Lipinski definition) is 0. The summed E-state index contributed by atoms with van der Waals surface area (Å²) in [5, 5.41) is 1.24. The highest BCUT2D eigenvalue weighted by Gasteiger charge is 2.50. The molecular weight excluding hydrogens is 254 g/mol. The van der Waals surface area contributed by atoms with Gasteiger partial charge >= 0.3 is 0 Å². The van der Waals surface area contributed by atoms with E-state index in [4.69, 9.17) is 9.57 Å². The van der Waals surface area contributed by atoms with Crippen molar-refractivity contribution in [2.45, 2.75) is 12.5 Å². The van der Waals surface area contributed by atoms with Gasteiger partial charge in [-0.25, -0.2) is 9.90 Å². The minimum atomic E-state index is -0.875. The van der Waals surface area contributed by atoms with E-state index in [0.717, 1.165) is 17.1 Å². The smallest absolute Gasteiger partial charge is 0.285 e.